The number of hydrogen-bond donors (Lipinski definition) is 0. The third kappa shape index (κ3) is 2.25. The second-order valence-electron chi connectivity index (χ2n) is 4.56. The Hall–Kier alpha value is -2.75. The van der Waals surface area contributed by atoms with Crippen LogP contribution < -0.4 is 9.47 Å². The van der Waals surface area contributed by atoms with Gasteiger partial charge in [-0.1, -0.05) is 18.2 Å². The first kappa shape index (κ1) is 13.2. The fraction of sp³-hybridized carbons (Fsp3) is 0.118. The maximum atomic E-state index is 11.3. The normalized spacial score (nSPS) is 10.6. The van der Waals surface area contributed by atoms with E-state index in [2.05, 4.69) is 0 Å². The Morgan fingerprint density at radius 3 is 2.38 bits per heavy atom. The molecule has 0 atom stereocenters. The lowest BCUT2D eigenvalue weighted by Crippen LogP contribution is -1.94. The number of carbonyl (C=O) groups is 1. The number of rotatable bonds is 4. The molecule has 3 aromatic rings. The van der Waals surface area contributed by atoms with Gasteiger partial charge < -0.3 is 13.9 Å². The third-order valence-electron chi connectivity index (χ3n) is 3.37. The highest BCUT2D eigenvalue weighted by Gasteiger charge is 2.15. The number of ether oxygens (including phenoxy) is 2. The summed E-state index contributed by atoms with van der Waals surface area (Å²) in [5.41, 5.74) is 1.95. The lowest BCUT2D eigenvalue weighted by atomic mass is 10.0. The molecule has 0 fully saturated rings. The predicted molar refractivity (Wildman–Crippen MR) is 80.1 cm³/mol. The van der Waals surface area contributed by atoms with E-state index in [1.54, 1.807) is 19.2 Å². The van der Waals surface area contributed by atoms with Crippen molar-refractivity contribution in [3.8, 4) is 22.8 Å². The highest BCUT2D eigenvalue weighted by atomic mass is 16.5. The molecule has 0 unspecified atom stereocenters. The summed E-state index contributed by atoms with van der Waals surface area (Å²) < 4.78 is 16.3. The Labute approximate surface area is 121 Å². The molecule has 0 N–H and O–H groups in total. The van der Waals surface area contributed by atoms with Crippen LogP contribution in [0.3, 0.4) is 0 Å². The molecule has 0 saturated carbocycles. The molecule has 3 rings (SSSR count). The molecule has 1 aromatic heterocycles. The Morgan fingerprint density at radius 2 is 1.71 bits per heavy atom. The average molecular weight is 282 g/mol. The van der Waals surface area contributed by atoms with Gasteiger partial charge in [0, 0.05) is 16.5 Å². The van der Waals surface area contributed by atoms with Gasteiger partial charge >= 0.3 is 0 Å². The molecule has 106 valence electrons. The van der Waals surface area contributed by atoms with E-state index in [-0.39, 0.29) is 0 Å². The predicted octanol–water partition coefficient (Wildman–Crippen LogP) is 3.93. The summed E-state index contributed by atoms with van der Waals surface area (Å²) in [7, 11) is 3.09. The van der Waals surface area contributed by atoms with Crippen LogP contribution in [0.1, 0.15) is 10.4 Å². The first-order valence-electron chi connectivity index (χ1n) is 6.47. The number of hydrogen-bond acceptors (Lipinski definition) is 4. The molecule has 0 amide bonds. The Morgan fingerprint density at radius 1 is 1.00 bits per heavy atom. The van der Waals surface area contributed by atoms with E-state index in [0.717, 1.165) is 17.3 Å². The molecule has 4 heteroatoms. The van der Waals surface area contributed by atoms with Crippen molar-refractivity contribution in [2.45, 2.75) is 0 Å². The molecular formula is C17H14O4. The molecular weight excluding hydrogens is 268 g/mol. The number of benzene rings is 2. The van der Waals surface area contributed by atoms with Crippen molar-refractivity contribution < 1.29 is 18.7 Å². The van der Waals surface area contributed by atoms with Gasteiger partial charge in [-0.3, -0.25) is 4.79 Å². The summed E-state index contributed by atoms with van der Waals surface area (Å²) in [4.78, 5) is 11.3. The second-order valence-corrected chi connectivity index (χ2v) is 4.56. The molecule has 4 nitrogen and oxygen atoms in total. The van der Waals surface area contributed by atoms with Crippen LogP contribution in [0, 0.1) is 0 Å². The highest BCUT2D eigenvalue weighted by Crippen LogP contribution is 2.37. The quantitative estimate of drug-likeness (QED) is 0.680. The summed E-state index contributed by atoms with van der Waals surface area (Å²) in [6.07, 6.45) is 0.782. The van der Waals surface area contributed by atoms with Gasteiger partial charge in [-0.05, 0) is 24.3 Å². The maximum Gasteiger partial charge on any atom is 0.161 e. The molecule has 0 aliphatic heterocycles. The van der Waals surface area contributed by atoms with Crippen LogP contribution in [0.5, 0.6) is 11.5 Å². The zero-order valence-electron chi connectivity index (χ0n) is 11.8. The fourth-order valence-electron chi connectivity index (χ4n) is 2.32. The van der Waals surface area contributed by atoms with Gasteiger partial charge in [0.05, 0.1) is 14.2 Å². The molecule has 0 aliphatic rings. The van der Waals surface area contributed by atoms with Crippen molar-refractivity contribution in [3.63, 3.8) is 0 Å². The van der Waals surface area contributed by atoms with Crippen molar-refractivity contribution in [3.05, 3.63) is 48.0 Å². The summed E-state index contributed by atoms with van der Waals surface area (Å²) in [5, 5.41) is 0.985. The number of carbonyl (C=O) groups excluding carboxylic acids is 1. The molecule has 2 aromatic carbocycles. The zero-order valence-corrected chi connectivity index (χ0v) is 11.8. The van der Waals surface area contributed by atoms with E-state index in [4.69, 9.17) is 13.9 Å². The smallest absolute Gasteiger partial charge is 0.161 e. The standard InChI is InChI=1S/C17H14O4/c1-19-16-8-12(10-18)13(9-17(16)20-2)15-7-11-5-3-4-6-14(11)21-15/h3-10H,1-2H3. The molecule has 0 spiro atoms. The van der Waals surface area contributed by atoms with Crippen molar-refractivity contribution in [2.75, 3.05) is 14.2 Å². The molecule has 1 heterocycles. The van der Waals surface area contributed by atoms with Crippen LogP contribution in [0.4, 0.5) is 0 Å². The maximum absolute atomic E-state index is 11.3. The van der Waals surface area contributed by atoms with Gasteiger partial charge in [0.15, 0.2) is 17.8 Å². The van der Waals surface area contributed by atoms with Gasteiger partial charge in [-0.15, -0.1) is 0 Å². The molecule has 0 saturated heterocycles. The minimum absolute atomic E-state index is 0.492. The zero-order chi connectivity index (χ0) is 14.8. The van der Waals surface area contributed by atoms with Crippen LogP contribution in [-0.2, 0) is 0 Å². The van der Waals surface area contributed by atoms with Crippen LogP contribution in [0.25, 0.3) is 22.3 Å². The average Bonchev–Trinajstić information content (AvgIpc) is 2.97. The van der Waals surface area contributed by atoms with E-state index in [1.807, 2.05) is 30.3 Å². The number of aldehydes is 1. The van der Waals surface area contributed by atoms with E-state index in [0.29, 0.717) is 28.4 Å². The first-order chi connectivity index (χ1) is 10.3. The second kappa shape index (κ2) is 5.32. The van der Waals surface area contributed by atoms with Crippen molar-refractivity contribution >= 4 is 17.3 Å². The number of methoxy groups -OCH3 is 2. The summed E-state index contributed by atoms with van der Waals surface area (Å²) in [6.45, 7) is 0. The Bertz CT molecular complexity index is 769. The van der Waals surface area contributed by atoms with Crippen molar-refractivity contribution in [2.24, 2.45) is 0 Å². The SMILES string of the molecule is COc1cc(C=O)c(-c2cc3ccccc3o2)cc1OC. The highest BCUT2D eigenvalue weighted by molar-refractivity contribution is 5.91. The van der Waals surface area contributed by atoms with Crippen molar-refractivity contribution in [1.82, 2.24) is 0 Å². The summed E-state index contributed by atoms with van der Waals surface area (Å²) >= 11 is 0. The molecule has 0 radical (unpaired) electrons. The Kier molecular flexibility index (Phi) is 3.36. The summed E-state index contributed by atoms with van der Waals surface area (Å²) in [5.74, 6) is 1.69. The van der Waals surface area contributed by atoms with E-state index in [1.165, 1.54) is 7.11 Å². The lowest BCUT2D eigenvalue weighted by molar-refractivity contribution is 0.112. The van der Waals surface area contributed by atoms with E-state index >= 15 is 0 Å². The molecule has 0 aliphatic carbocycles. The van der Waals surface area contributed by atoms with Crippen LogP contribution in [0.15, 0.2) is 46.9 Å². The van der Waals surface area contributed by atoms with Gasteiger partial charge in [0.1, 0.15) is 11.3 Å². The molecule has 0 bridgehead atoms. The van der Waals surface area contributed by atoms with Gasteiger partial charge in [0.25, 0.3) is 0 Å². The van der Waals surface area contributed by atoms with Crippen LogP contribution in [-0.4, -0.2) is 20.5 Å². The van der Waals surface area contributed by atoms with E-state index in [9.17, 15) is 4.79 Å². The molecule has 21 heavy (non-hydrogen) atoms. The van der Waals surface area contributed by atoms with Gasteiger partial charge in [-0.25, -0.2) is 0 Å². The number of para-hydroxylation sites is 1. The Balaban J connectivity index is 2.22. The summed E-state index contributed by atoms with van der Waals surface area (Å²) in [6, 6.07) is 13.0. The minimum Gasteiger partial charge on any atom is -0.493 e. The van der Waals surface area contributed by atoms with Crippen LogP contribution in [0.2, 0.25) is 0 Å². The van der Waals surface area contributed by atoms with Gasteiger partial charge in [0.2, 0.25) is 0 Å². The monoisotopic (exact) mass is 282 g/mol. The first-order valence-corrected chi connectivity index (χ1v) is 6.47. The third-order valence-corrected chi connectivity index (χ3v) is 3.37. The largest absolute Gasteiger partial charge is 0.493 e. The minimum atomic E-state index is 0.492. The van der Waals surface area contributed by atoms with Crippen molar-refractivity contribution in [1.29, 1.82) is 0 Å². The van der Waals surface area contributed by atoms with E-state index < -0.39 is 0 Å². The topological polar surface area (TPSA) is 48.7 Å². The van der Waals surface area contributed by atoms with Gasteiger partial charge in [-0.2, -0.15) is 0 Å². The lowest BCUT2D eigenvalue weighted by Gasteiger charge is -2.10. The van der Waals surface area contributed by atoms with Crippen LogP contribution >= 0.6 is 0 Å². The fourth-order valence-corrected chi connectivity index (χ4v) is 2.32. The number of fused-ring (bicyclic) bond motifs is 1. The number of furan rings is 1.